The highest BCUT2D eigenvalue weighted by Crippen LogP contribution is 2.20. The fraction of sp³-hybridized carbons (Fsp3) is 0.143. The molecule has 134 valence electrons. The molecule has 0 spiro atoms. The zero-order chi connectivity index (χ0) is 19.0. The molecular weight excluding hydrogens is 342 g/mol. The molecule has 0 saturated heterocycles. The zero-order valence-electron chi connectivity index (χ0n) is 14.9. The lowest BCUT2D eigenvalue weighted by Crippen LogP contribution is -2.24. The molecule has 0 unspecified atom stereocenters. The van der Waals surface area contributed by atoms with Gasteiger partial charge in [0.05, 0.1) is 22.0 Å². The average molecular weight is 359 g/mol. The second-order valence-corrected chi connectivity index (χ2v) is 6.44. The lowest BCUT2D eigenvalue weighted by Gasteiger charge is -2.09. The van der Waals surface area contributed by atoms with E-state index in [2.05, 4.69) is 15.3 Å². The monoisotopic (exact) mass is 359 g/mol. The van der Waals surface area contributed by atoms with Crippen molar-refractivity contribution in [3.05, 3.63) is 81.4 Å². The molecule has 1 N–H and O–H groups in total. The maximum Gasteiger partial charge on any atom is 0.253 e. The molecule has 6 nitrogen and oxygen atoms in total. The van der Waals surface area contributed by atoms with Gasteiger partial charge in [-0.2, -0.15) is 0 Å². The number of rotatable bonds is 3. The van der Waals surface area contributed by atoms with Gasteiger partial charge in [0.1, 0.15) is 5.58 Å². The van der Waals surface area contributed by atoms with Crippen molar-refractivity contribution in [2.75, 3.05) is 0 Å². The number of aryl methyl sites for hydroxylation is 2. The number of hydrogen-bond acceptors (Lipinski definition) is 5. The van der Waals surface area contributed by atoms with E-state index >= 15 is 0 Å². The Labute approximate surface area is 154 Å². The summed E-state index contributed by atoms with van der Waals surface area (Å²) in [6, 6.07) is 10.6. The third-order valence-corrected chi connectivity index (χ3v) is 4.46. The van der Waals surface area contributed by atoms with E-state index in [4.69, 9.17) is 4.42 Å². The summed E-state index contributed by atoms with van der Waals surface area (Å²) in [5.74, 6) is -0.289. The Morgan fingerprint density at radius 3 is 2.63 bits per heavy atom. The van der Waals surface area contributed by atoms with Crippen LogP contribution in [-0.2, 0) is 6.54 Å². The summed E-state index contributed by atoms with van der Waals surface area (Å²) in [6.07, 6.45) is 3.34. The Hall–Kier alpha value is -3.54. The molecule has 0 saturated carbocycles. The van der Waals surface area contributed by atoms with Crippen LogP contribution in [0.3, 0.4) is 0 Å². The predicted molar refractivity (Wildman–Crippen MR) is 103 cm³/mol. The molecule has 4 aromatic rings. The average Bonchev–Trinajstić information content (AvgIpc) is 2.67. The third kappa shape index (κ3) is 3.17. The van der Waals surface area contributed by atoms with E-state index in [1.54, 1.807) is 37.5 Å². The number of nitrogens with one attached hydrogen (secondary N) is 1. The molecule has 0 aliphatic carbocycles. The van der Waals surface area contributed by atoms with E-state index in [0.29, 0.717) is 34.2 Å². The fourth-order valence-electron chi connectivity index (χ4n) is 2.99. The molecule has 3 aromatic heterocycles. The van der Waals surface area contributed by atoms with E-state index in [9.17, 15) is 9.59 Å². The molecule has 27 heavy (non-hydrogen) atoms. The van der Waals surface area contributed by atoms with Crippen LogP contribution in [0.1, 0.15) is 27.2 Å². The molecule has 0 fully saturated rings. The number of hydrogen-bond donors (Lipinski definition) is 1. The van der Waals surface area contributed by atoms with Crippen LogP contribution >= 0.6 is 0 Å². The van der Waals surface area contributed by atoms with Gasteiger partial charge in [0.15, 0.2) is 0 Å². The number of aromatic nitrogens is 2. The summed E-state index contributed by atoms with van der Waals surface area (Å²) in [5, 5.41) is 3.63. The highest BCUT2D eigenvalue weighted by Gasteiger charge is 2.16. The first kappa shape index (κ1) is 16.9. The lowest BCUT2D eigenvalue weighted by atomic mass is 10.1. The van der Waals surface area contributed by atoms with Crippen LogP contribution in [0.2, 0.25) is 0 Å². The molecule has 4 rings (SSSR count). The SMILES string of the molecule is Cc1ccc2oc3nc(C)c(C(=O)NCc4ccncc4)cc3c(=O)c2c1. The smallest absolute Gasteiger partial charge is 0.253 e. The van der Waals surface area contributed by atoms with Crippen LogP contribution in [0.5, 0.6) is 0 Å². The second-order valence-electron chi connectivity index (χ2n) is 6.44. The van der Waals surface area contributed by atoms with Gasteiger partial charge < -0.3 is 9.73 Å². The first-order valence-corrected chi connectivity index (χ1v) is 8.55. The molecule has 6 heteroatoms. The Balaban J connectivity index is 1.76. The van der Waals surface area contributed by atoms with Crippen LogP contribution in [-0.4, -0.2) is 15.9 Å². The summed E-state index contributed by atoms with van der Waals surface area (Å²) in [6.45, 7) is 4.00. The van der Waals surface area contributed by atoms with Crippen molar-refractivity contribution < 1.29 is 9.21 Å². The van der Waals surface area contributed by atoms with Gasteiger partial charge in [0.25, 0.3) is 5.91 Å². The van der Waals surface area contributed by atoms with Gasteiger partial charge in [-0.15, -0.1) is 0 Å². The van der Waals surface area contributed by atoms with Gasteiger partial charge in [0, 0.05) is 18.9 Å². The molecule has 0 aliphatic heterocycles. The minimum absolute atomic E-state index is 0.189. The van der Waals surface area contributed by atoms with Crippen molar-refractivity contribution in [3.63, 3.8) is 0 Å². The summed E-state index contributed by atoms with van der Waals surface area (Å²) < 4.78 is 5.78. The predicted octanol–water partition coefficient (Wildman–Crippen LogP) is 3.28. The summed E-state index contributed by atoms with van der Waals surface area (Å²) in [5.41, 5.74) is 3.29. The second kappa shape index (κ2) is 6.64. The van der Waals surface area contributed by atoms with Crippen molar-refractivity contribution in [2.24, 2.45) is 0 Å². The maximum absolute atomic E-state index is 12.9. The van der Waals surface area contributed by atoms with Gasteiger partial charge in [0.2, 0.25) is 11.1 Å². The van der Waals surface area contributed by atoms with Gasteiger partial charge >= 0.3 is 0 Å². The Bertz CT molecular complexity index is 1230. The molecule has 0 atom stereocenters. The van der Waals surface area contributed by atoms with E-state index in [0.717, 1.165) is 11.1 Å². The first-order chi connectivity index (χ1) is 13.0. The number of amides is 1. The lowest BCUT2D eigenvalue weighted by molar-refractivity contribution is 0.0950. The third-order valence-electron chi connectivity index (χ3n) is 4.46. The number of nitrogens with zero attached hydrogens (tertiary/aromatic N) is 2. The van der Waals surface area contributed by atoms with Crippen molar-refractivity contribution in [1.82, 2.24) is 15.3 Å². The van der Waals surface area contributed by atoms with Crippen LogP contribution in [0.15, 0.2) is 58.0 Å². The molecule has 0 bridgehead atoms. The summed E-state index contributed by atoms with van der Waals surface area (Å²) in [4.78, 5) is 33.8. The van der Waals surface area contributed by atoms with Crippen LogP contribution in [0, 0.1) is 13.8 Å². The van der Waals surface area contributed by atoms with E-state index in [1.807, 2.05) is 25.1 Å². The molecule has 3 heterocycles. The fourth-order valence-corrected chi connectivity index (χ4v) is 2.99. The summed E-state index contributed by atoms with van der Waals surface area (Å²) in [7, 11) is 0. The van der Waals surface area contributed by atoms with Gasteiger partial charge in [-0.3, -0.25) is 14.6 Å². The van der Waals surface area contributed by atoms with Crippen LogP contribution < -0.4 is 10.7 Å². The molecule has 1 amide bonds. The first-order valence-electron chi connectivity index (χ1n) is 8.55. The highest BCUT2D eigenvalue weighted by atomic mass is 16.3. The van der Waals surface area contributed by atoms with E-state index < -0.39 is 0 Å². The van der Waals surface area contributed by atoms with E-state index in [-0.39, 0.29) is 17.0 Å². The minimum Gasteiger partial charge on any atom is -0.437 e. The van der Waals surface area contributed by atoms with Gasteiger partial charge in [-0.05, 0) is 49.7 Å². The zero-order valence-corrected chi connectivity index (χ0v) is 14.9. The van der Waals surface area contributed by atoms with Crippen LogP contribution in [0.25, 0.3) is 22.1 Å². The highest BCUT2D eigenvalue weighted by molar-refractivity contribution is 5.99. The Morgan fingerprint density at radius 1 is 1.07 bits per heavy atom. The van der Waals surface area contributed by atoms with Crippen molar-refractivity contribution >= 4 is 28.0 Å². The normalized spacial score (nSPS) is 11.0. The summed E-state index contributed by atoms with van der Waals surface area (Å²) >= 11 is 0. The van der Waals surface area contributed by atoms with E-state index in [1.165, 1.54) is 0 Å². The van der Waals surface area contributed by atoms with Crippen LogP contribution in [0.4, 0.5) is 0 Å². The van der Waals surface area contributed by atoms with Gasteiger partial charge in [-0.1, -0.05) is 11.6 Å². The van der Waals surface area contributed by atoms with Crippen molar-refractivity contribution in [2.45, 2.75) is 20.4 Å². The standard InChI is InChI=1S/C21H17N3O3/c1-12-3-4-18-16(9-12)19(25)17-10-15(13(2)24-21(17)27-18)20(26)23-11-14-5-7-22-8-6-14/h3-10H,11H2,1-2H3,(H,23,26). The van der Waals surface area contributed by atoms with Gasteiger partial charge in [-0.25, -0.2) is 4.98 Å². The topological polar surface area (TPSA) is 85.1 Å². The number of carbonyl (C=O) groups excluding carboxylic acids is 1. The molecule has 0 aliphatic rings. The van der Waals surface area contributed by atoms with Crippen molar-refractivity contribution in [1.29, 1.82) is 0 Å². The molecular formula is C21H17N3O3. The number of carbonyl (C=O) groups is 1. The largest absolute Gasteiger partial charge is 0.437 e. The number of benzene rings is 1. The number of fused-ring (bicyclic) bond motifs is 2. The number of pyridine rings is 2. The van der Waals surface area contributed by atoms with Crippen molar-refractivity contribution in [3.8, 4) is 0 Å². The molecule has 1 aromatic carbocycles. The maximum atomic E-state index is 12.9. The minimum atomic E-state index is -0.289. The quantitative estimate of drug-likeness (QED) is 0.568. The molecule has 0 radical (unpaired) electrons. The Morgan fingerprint density at radius 2 is 1.85 bits per heavy atom. The Kier molecular flexibility index (Phi) is 4.16.